The zero-order valence-electron chi connectivity index (χ0n) is 22.7. The number of sulfonamides is 1. The molecule has 0 saturated heterocycles. The van der Waals surface area contributed by atoms with Crippen molar-refractivity contribution in [3.05, 3.63) is 99.0 Å². The molecule has 1 atom stereocenters. The molecule has 0 radical (unpaired) electrons. The summed E-state index contributed by atoms with van der Waals surface area (Å²) in [5.74, 6) is -0.950. The molecule has 0 bridgehead atoms. The highest BCUT2D eigenvalue weighted by Gasteiger charge is 2.34. The Bertz CT molecular complexity index is 1440. The van der Waals surface area contributed by atoms with E-state index in [0.717, 1.165) is 9.87 Å². The second-order valence-corrected chi connectivity index (χ2v) is 13.7. The Labute approximate surface area is 251 Å². The molecule has 0 heterocycles. The minimum absolute atomic E-state index is 0.00851. The van der Waals surface area contributed by atoms with Crippen LogP contribution in [0.5, 0.6) is 0 Å². The van der Waals surface area contributed by atoms with Crippen LogP contribution in [0.4, 0.5) is 0 Å². The van der Waals surface area contributed by atoms with Gasteiger partial charge in [0.15, 0.2) is 0 Å². The molecular formula is C29H32Cl3N3O4S. The summed E-state index contributed by atoms with van der Waals surface area (Å²) in [5, 5.41) is 4.10. The molecule has 3 aromatic carbocycles. The van der Waals surface area contributed by atoms with Gasteiger partial charge in [-0.05, 0) is 68.3 Å². The third kappa shape index (κ3) is 8.69. The highest BCUT2D eigenvalue weighted by atomic mass is 35.5. The van der Waals surface area contributed by atoms with Crippen LogP contribution in [0.2, 0.25) is 15.1 Å². The van der Waals surface area contributed by atoms with E-state index in [4.69, 9.17) is 34.8 Å². The molecule has 0 unspecified atom stereocenters. The summed E-state index contributed by atoms with van der Waals surface area (Å²) in [6.07, 6.45) is 0.202. The van der Waals surface area contributed by atoms with Gasteiger partial charge in [-0.25, -0.2) is 8.42 Å². The molecule has 214 valence electrons. The van der Waals surface area contributed by atoms with E-state index in [9.17, 15) is 18.0 Å². The van der Waals surface area contributed by atoms with Crippen molar-refractivity contribution in [2.24, 2.45) is 0 Å². The molecule has 40 heavy (non-hydrogen) atoms. The Morgan fingerprint density at radius 2 is 1.50 bits per heavy atom. The molecule has 2 amide bonds. The minimum Gasteiger partial charge on any atom is -0.350 e. The summed E-state index contributed by atoms with van der Waals surface area (Å²) >= 11 is 18.5. The zero-order chi connectivity index (χ0) is 29.7. The van der Waals surface area contributed by atoms with Crippen LogP contribution in [0.25, 0.3) is 0 Å². The first-order valence-electron chi connectivity index (χ1n) is 12.5. The molecular weight excluding hydrogens is 593 g/mol. The molecule has 0 spiro atoms. The van der Waals surface area contributed by atoms with Crippen LogP contribution in [-0.4, -0.2) is 54.6 Å². The van der Waals surface area contributed by atoms with E-state index in [1.54, 1.807) is 18.2 Å². The third-order valence-electron chi connectivity index (χ3n) is 6.00. The predicted molar refractivity (Wildman–Crippen MR) is 160 cm³/mol. The smallest absolute Gasteiger partial charge is 0.243 e. The monoisotopic (exact) mass is 623 g/mol. The number of hydrogen-bond acceptors (Lipinski definition) is 4. The molecule has 11 heteroatoms. The molecule has 0 aliphatic rings. The molecule has 0 fully saturated rings. The van der Waals surface area contributed by atoms with Crippen molar-refractivity contribution >= 4 is 56.6 Å². The van der Waals surface area contributed by atoms with Crippen molar-refractivity contribution in [2.45, 2.75) is 50.2 Å². The van der Waals surface area contributed by atoms with Crippen LogP contribution in [0.3, 0.4) is 0 Å². The normalized spacial score (nSPS) is 12.7. The number of rotatable bonds is 10. The molecule has 1 N–H and O–H groups in total. The van der Waals surface area contributed by atoms with Crippen LogP contribution >= 0.6 is 34.8 Å². The van der Waals surface area contributed by atoms with Gasteiger partial charge in [-0.3, -0.25) is 9.59 Å². The van der Waals surface area contributed by atoms with Crippen LogP contribution < -0.4 is 5.32 Å². The van der Waals surface area contributed by atoms with Crippen molar-refractivity contribution < 1.29 is 18.0 Å². The van der Waals surface area contributed by atoms with E-state index < -0.39 is 34.1 Å². The Hall–Kier alpha value is -2.62. The standard InChI is InChI=1S/C29H32Cl3N3O4S/c1-29(2,3)33-28(37)26(16-20-8-6-5-7-9-20)35(18-21-10-11-23(31)17-25(21)32)27(36)19-34(4)40(38,39)24-14-12-22(30)13-15-24/h5-15,17,26H,16,18-19H2,1-4H3,(H,33,37)/t26-/m1/s1. The first kappa shape index (κ1) is 31.9. The number of halogens is 3. The van der Waals surface area contributed by atoms with Gasteiger partial charge >= 0.3 is 0 Å². The number of amides is 2. The van der Waals surface area contributed by atoms with E-state index >= 15 is 0 Å². The lowest BCUT2D eigenvalue weighted by molar-refractivity contribution is -0.141. The van der Waals surface area contributed by atoms with Crippen molar-refractivity contribution in [1.82, 2.24) is 14.5 Å². The summed E-state index contributed by atoms with van der Waals surface area (Å²) in [6.45, 7) is 4.99. The Kier molecular flexibility index (Phi) is 10.7. The van der Waals surface area contributed by atoms with Crippen molar-refractivity contribution in [3.63, 3.8) is 0 Å². The van der Waals surface area contributed by atoms with Gasteiger partial charge in [0.1, 0.15) is 6.04 Å². The van der Waals surface area contributed by atoms with E-state index in [0.29, 0.717) is 20.6 Å². The van der Waals surface area contributed by atoms with Gasteiger partial charge in [-0.15, -0.1) is 0 Å². The predicted octanol–water partition coefficient (Wildman–Crippen LogP) is 5.82. The average molecular weight is 625 g/mol. The molecule has 3 rings (SSSR count). The lowest BCUT2D eigenvalue weighted by Gasteiger charge is -2.34. The first-order valence-corrected chi connectivity index (χ1v) is 15.1. The number of carbonyl (C=O) groups is 2. The number of likely N-dealkylation sites (N-methyl/N-ethyl adjacent to an activating group) is 1. The van der Waals surface area contributed by atoms with Crippen molar-refractivity contribution in [1.29, 1.82) is 0 Å². The lowest BCUT2D eigenvalue weighted by Crippen LogP contribution is -2.56. The van der Waals surface area contributed by atoms with Gasteiger partial charge in [0, 0.05) is 40.6 Å². The van der Waals surface area contributed by atoms with Gasteiger partial charge < -0.3 is 10.2 Å². The zero-order valence-corrected chi connectivity index (χ0v) is 25.8. The SMILES string of the molecule is CN(CC(=O)N(Cc1ccc(Cl)cc1Cl)[C@H](Cc1ccccc1)C(=O)NC(C)(C)C)S(=O)(=O)c1ccc(Cl)cc1. The van der Waals surface area contributed by atoms with E-state index in [1.165, 1.54) is 36.2 Å². The van der Waals surface area contributed by atoms with Crippen LogP contribution in [0, 0.1) is 0 Å². The van der Waals surface area contributed by atoms with E-state index in [1.807, 2.05) is 51.1 Å². The molecule has 0 aromatic heterocycles. The number of nitrogens with one attached hydrogen (secondary N) is 1. The van der Waals surface area contributed by atoms with Gasteiger partial charge in [-0.2, -0.15) is 4.31 Å². The highest BCUT2D eigenvalue weighted by molar-refractivity contribution is 7.89. The van der Waals surface area contributed by atoms with E-state index in [-0.39, 0.29) is 23.8 Å². The number of nitrogens with zero attached hydrogens (tertiary/aromatic N) is 2. The Balaban J connectivity index is 2.02. The summed E-state index contributed by atoms with van der Waals surface area (Å²) in [7, 11) is -2.71. The summed E-state index contributed by atoms with van der Waals surface area (Å²) in [4.78, 5) is 29.0. The van der Waals surface area contributed by atoms with Crippen molar-refractivity contribution in [3.8, 4) is 0 Å². The van der Waals surface area contributed by atoms with Gasteiger partial charge in [0.05, 0.1) is 11.4 Å². The maximum Gasteiger partial charge on any atom is 0.243 e. The van der Waals surface area contributed by atoms with Gasteiger partial charge in [0.2, 0.25) is 21.8 Å². The molecule has 3 aromatic rings. The van der Waals surface area contributed by atoms with Crippen molar-refractivity contribution in [2.75, 3.05) is 13.6 Å². The summed E-state index contributed by atoms with van der Waals surface area (Å²) < 4.78 is 27.4. The fourth-order valence-corrected chi connectivity index (χ4v) is 5.71. The maximum atomic E-state index is 13.9. The third-order valence-corrected chi connectivity index (χ3v) is 8.66. The summed E-state index contributed by atoms with van der Waals surface area (Å²) in [6, 6.07) is 18.9. The first-order chi connectivity index (χ1) is 18.7. The quantitative estimate of drug-likeness (QED) is 0.308. The number of carbonyl (C=O) groups excluding carboxylic acids is 2. The van der Waals surface area contributed by atoms with Crippen LogP contribution in [0.1, 0.15) is 31.9 Å². The second-order valence-electron chi connectivity index (χ2n) is 10.4. The Morgan fingerprint density at radius 3 is 2.08 bits per heavy atom. The molecule has 7 nitrogen and oxygen atoms in total. The van der Waals surface area contributed by atoms with E-state index in [2.05, 4.69) is 5.32 Å². The molecule has 0 saturated carbocycles. The Morgan fingerprint density at radius 1 is 0.900 bits per heavy atom. The van der Waals surface area contributed by atoms with Crippen LogP contribution in [0.15, 0.2) is 77.7 Å². The van der Waals surface area contributed by atoms with Gasteiger partial charge in [-0.1, -0.05) is 71.2 Å². The second kappa shape index (κ2) is 13.4. The molecule has 0 aliphatic carbocycles. The fraction of sp³-hybridized carbons (Fsp3) is 0.310. The topological polar surface area (TPSA) is 86.8 Å². The highest BCUT2D eigenvalue weighted by Crippen LogP contribution is 2.25. The molecule has 0 aliphatic heterocycles. The minimum atomic E-state index is -4.02. The largest absolute Gasteiger partial charge is 0.350 e. The maximum absolute atomic E-state index is 13.9. The number of benzene rings is 3. The fourth-order valence-electron chi connectivity index (χ4n) is 3.99. The average Bonchev–Trinajstić information content (AvgIpc) is 2.87. The van der Waals surface area contributed by atoms with Gasteiger partial charge in [0.25, 0.3) is 0 Å². The summed E-state index contributed by atoms with van der Waals surface area (Å²) in [5.41, 5.74) is 0.816. The lowest BCUT2D eigenvalue weighted by atomic mass is 10.0. The number of hydrogen-bond donors (Lipinski definition) is 1. The van der Waals surface area contributed by atoms with Crippen LogP contribution in [-0.2, 0) is 32.6 Å².